The molecule has 1 aromatic rings. The smallest absolute Gasteiger partial charge is 0.115 e. The van der Waals surface area contributed by atoms with Crippen molar-refractivity contribution in [2.75, 3.05) is 6.54 Å². The lowest BCUT2D eigenvalue weighted by molar-refractivity contribution is 0.256. The molecule has 1 saturated carbocycles. The molecule has 2 nitrogen and oxygen atoms in total. The summed E-state index contributed by atoms with van der Waals surface area (Å²) in [6.07, 6.45) is 9.31. The van der Waals surface area contributed by atoms with E-state index in [9.17, 15) is 5.11 Å². The van der Waals surface area contributed by atoms with E-state index in [2.05, 4.69) is 18.3 Å². The van der Waals surface area contributed by atoms with E-state index >= 15 is 0 Å². The molecule has 0 heterocycles. The van der Waals surface area contributed by atoms with Crippen molar-refractivity contribution in [3.8, 4) is 5.75 Å². The first-order chi connectivity index (χ1) is 9.76. The predicted octanol–water partition coefficient (Wildman–Crippen LogP) is 4.19. The number of benzene rings is 1. The molecule has 2 aliphatic rings. The topological polar surface area (TPSA) is 32.3 Å². The third-order valence-corrected chi connectivity index (χ3v) is 5.40. The minimum Gasteiger partial charge on any atom is -0.508 e. The van der Waals surface area contributed by atoms with Crippen molar-refractivity contribution < 1.29 is 5.11 Å². The summed E-state index contributed by atoms with van der Waals surface area (Å²) in [6, 6.07) is 6.37. The molecule has 3 rings (SSSR count). The summed E-state index contributed by atoms with van der Waals surface area (Å²) in [4.78, 5) is 0. The first-order valence-electron chi connectivity index (χ1n) is 8.31. The highest BCUT2D eigenvalue weighted by atomic mass is 16.3. The van der Waals surface area contributed by atoms with Gasteiger partial charge in [0, 0.05) is 6.04 Å². The minimum atomic E-state index is 0.405. The van der Waals surface area contributed by atoms with Crippen molar-refractivity contribution in [2.24, 2.45) is 11.8 Å². The van der Waals surface area contributed by atoms with E-state index in [0.717, 1.165) is 18.3 Å². The van der Waals surface area contributed by atoms with Crippen LogP contribution in [0.3, 0.4) is 0 Å². The van der Waals surface area contributed by atoms with Gasteiger partial charge in [-0.05, 0) is 67.3 Å². The first-order valence-corrected chi connectivity index (χ1v) is 8.31. The fourth-order valence-corrected chi connectivity index (χ4v) is 3.97. The van der Waals surface area contributed by atoms with Gasteiger partial charge in [-0.2, -0.15) is 0 Å². The molecule has 0 spiro atoms. The number of aromatic hydroxyl groups is 1. The summed E-state index contributed by atoms with van der Waals surface area (Å²) in [5.74, 6) is 2.27. The van der Waals surface area contributed by atoms with Crippen LogP contribution in [0.1, 0.15) is 62.6 Å². The van der Waals surface area contributed by atoms with Gasteiger partial charge < -0.3 is 10.4 Å². The summed E-state index contributed by atoms with van der Waals surface area (Å²) in [5.41, 5.74) is 2.74. The number of nitrogens with one attached hydrogen (secondary N) is 1. The summed E-state index contributed by atoms with van der Waals surface area (Å²) in [5, 5.41) is 13.3. The second kappa shape index (κ2) is 6.17. The standard InChI is InChI=1S/C18H27NO/c1-2-13-3-5-14(6-4-13)12-19-18-10-7-15-11-16(20)8-9-17(15)18/h8-9,11,13-14,18-20H,2-7,10,12H2,1H3. The van der Waals surface area contributed by atoms with E-state index in [1.807, 2.05) is 12.1 Å². The molecule has 0 aromatic heterocycles. The highest BCUT2D eigenvalue weighted by molar-refractivity contribution is 5.40. The number of phenolic OH excluding ortho intramolecular Hbond substituents is 1. The fraction of sp³-hybridized carbons (Fsp3) is 0.667. The third kappa shape index (κ3) is 3.01. The van der Waals surface area contributed by atoms with Crippen LogP contribution in [0.2, 0.25) is 0 Å². The molecule has 1 unspecified atom stereocenters. The molecular formula is C18H27NO. The van der Waals surface area contributed by atoms with Crippen LogP contribution in [0.4, 0.5) is 0 Å². The van der Waals surface area contributed by atoms with Crippen LogP contribution in [0.25, 0.3) is 0 Å². The first kappa shape index (κ1) is 13.9. The Kier molecular flexibility index (Phi) is 4.30. The van der Waals surface area contributed by atoms with Gasteiger partial charge in [0.05, 0.1) is 0 Å². The summed E-state index contributed by atoms with van der Waals surface area (Å²) in [7, 11) is 0. The average molecular weight is 273 g/mol. The van der Waals surface area contributed by atoms with Crippen molar-refractivity contribution in [3.05, 3.63) is 29.3 Å². The number of aryl methyl sites for hydroxylation is 1. The second-order valence-electron chi connectivity index (χ2n) is 6.68. The van der Waals surface area contributed by atoms with Crippen LogP contribution in [0.15, 0.2) is 18.2 Å². The molecule has 0 amide bonds. The summed E-state index contributed by atoms with van der Waals surface area (Å²) >= 11 is 0. The average Bonchev–Trinajstić information content (AvgIpc) is 2.88. The number of fused-ring (bicyclic) bond motifs is 1. The Morgan fingerprint density at radius 3 is 2.60 bits per heavy atom. The maximum Gasteiger partial charge on any atom is 0.115 e. The van der Waals surface area contributed by atoms with E-state index in [-0.39, 0.29) is 0 Å². The second-order valence-corrected chi connectivity index (χ2v) is 6.68. The van der Waals surface area contributed by atoms with E-state index < -0.39 is 0 Å². The zero-order valence-electron chi connectivity index (χ0n) is 12.6. The van der Waals surface area contributed by atoms with Crippen LogP contribution in [-0.2, 0) is 6.42 Å². The van der Waals surface area contributed by atoms with Crippen molar-refractivity contribution >= 4 is 0 Å². The van der Waals surface area contributed by atoms with Gasteiger partial charge in [0.25, 0.3) is 0 Å². The molecule has 2 N–H and O–H groups in total. The van der Waals surface area contributed by atoms with Crippen LogP contribution >= 0.6 is 0 Å². The maximum absolute atomic E-state index is 9.54. The van der Waals surface area contributed by atoms with Gasteiger partial charge in [-0.1, -0.05) is 32.3 Å². The van der Waals surface area contributed by atoms with Gasteiger partial charge in [0.1, 0.15) is 5.75 Å². The molecule has 1 aromatic carbocycles. The lowest BCUT2D eigenvalue weighted by Gasteiger charge is -2.29. The Morgan fingerprint density at radius 1 is 1.10 bits per heavy atom. The Balaban J connectivity index is 1.51. The van der Waals surface area contributed by atoms with Crippen LogP contribution in [0.5, 0.6) is 5.75 Å². The van der Waals surface area contributed by atoms with E-state index in [1.54, 1.807) is 0 Å². The number of hydrogen-bond donors (Lipinski definition) is 2. The SMILES string of the molecule is CCC1CCC(CNC2CCc3cc(O)ccc32)CC1. The molecule has 2 aliphatic carbocycles. The largest absolute Gasteiger partial charge is 0.508 e. The molecule has 0 aliphatic heterocycles. The highest BCUT2D eigenvalue weighted by Crippen LogP contribution is 2.34. The van der Waals surface area contributed by atoms with E-state index in [4.69, 9.17) is 0 Å². The highest BCUT2D eigenvalue weighted by Gasteiger charge is 2.25. The number of hydrogen-bond acceptors (Lipinski definition) is 2. The molecule has 0 saturated heterocycles. The molecular weight excluding hydrogens is 246 g/mol. The normalized spacial score (nSPS) is 29.4. The van der Waals surface area contributed by atoms with Gasteiger partial charge in [0.2, 0.25) is 0 Å². The monoisotopic (exact) mass is 273 g/mol. The molecule has 1 atom stereocenters. The fourth-order valence-electron chi connectivity index (χ4n) is 3.97. The van der Waals surface area contributed by atoms with Gasteiger partial charge in [-0.15, -0.1) is 0 Å². The van der Waals surface area contributed by atoms with Crippen LogP contribution in [-0.4, -0.2) is 11.7 Å². The van der Waals surface area contributed by atoms with E-state index in [0.29, 0.717) is 11.8 Å². The zero-order chi connectivity index (χ0) is 13.9. The Bertz CT molecular complexity index is 449. The van der Waals surface area contributed by atoms with Crippen LogP contribution in [0, 0.1) is 11.8 Å². The van der Waals surface area contributed by atoms with Gasteiger partial charge in [0.15, 0.2) is 0 Å². The summed E-state index contributed by atoms with van der Waals surface area (Å²) < 4.78 is 0. The lowest BCUT2D eigenvalue weighted by Crippen LogP contribution is -2.28. The molecule has 2 heteroatoms. The molecule has 20 heavy (non-hydrogen) atoms. The zero-order valence-corrected chi connectivity index (χ0v) is 12.6. The molecule has 110 valence electrons. The Hall–Kier alpha value is -1.02. The quantitative estimate of drug-likeness (QED) is 0.862. The van der Waals surface area contributed by atoms with Gasteiger partial charge in [-0.25, -0.2) is 0 Å². The van der Waals surface area contributed by atoms with Gasteiger partial charge >= 0.3 is 0 Å². The third-order valence-electron chi connectivity index (χ3n) is 5.40. The van der Waals surface area contributed by atoms with Crippen molar-refractivity contribution in [1.82, 2.24) is 5.32 Å². The predicted molar refractivity (Wildman–Crippen MR) is 82.9 cm³/mol. The molecule has 1 fully saturated rings. The Morgan fingerprint density at radius 2 is 1.85 bits per heavy atom. The Labute approximate surface area is 122 Å². The van der Waals surface area contributed by atoms with Crippen LogP contribution < -0.4 is 5.32 Å². The summed E-state index contributed by atoms with van der Waals surface area (Å²) in [6.45, 7) is 3.50. The number of rotatable bonds is 4. The van der Waals surface area contributed by atoms with Gasteiger partial charge in [-0.3, -0.25) is 0 Å². The maximum atomic E-state index is 9.54. The van der Waals surface area contributed by atoms with E-state index in [1.165, 1.54) is 56.2 Å². The molecule has 0 radical (unpaired) electrons. The van der Waals surface area contributed by atoms with Crippen molar-refractivity contribution in [2.45, 2.75) is 57.9 Å². The lowest BCUT2D eigenvalue weighted by atomic mass is 9.81. The van der Waals surface area contributed by atoms with Crippen molar-refractivity contribution in [1.29, 1.82) is 0 Å². The number of phenols is 1. The molecule has 0 bridgehead atoms. The van der Waals surface area contributed by atoms with Crippen molar-refractivity contribution in [3.63, 3.8) is 0 Å². The minimum absolute atomic E-state index is 0.405.